The second-order valence-corrected chi connectivity index (χ2v) is 6.30. The van der Waals surface area contributed by atoms with Crippen molar-refractivity contribution in [3.05, 3.63) is 54.6 Å². The Morgan fingerprint density at radius 2 is 1.64 bits per heavy atom. The summed E-state index contributed by atoms with van der Waals surface area (Å²) < 4.78 is 5.85. The summed E-state index contributed by atoms with van der Waals surface area (Å²) >= 11 is 0. The van der Waals surface area contributed by atoms with Gasteiger partial charge in [-0.15, -0.1) is 0 Å². The molecule has 2 aromatic carbocycles. The summed E-state index contributed by atoms with van der Waals surface area (Å²) in [6, 6.07) is 16.6. The Labute approximate surface area is 146 Å². The zero-order chi connectivity index (χ0) is 17.6. The molecule has 2 atom stereocenters. The van der Waals surface area contributed by atoms with Gasteiger partial charge in [0.05, 0.1) is 11.6 Å². The maximum absolute atomic E-state index is 12.6. The molecule has 2 unspecified atom stereocenters. The fraction of sp³-hybridized carbons (Fsp3) is 0.300. The number of nitrogens with one attached hydrogen (secondary N) is 1. The van der Waals surface area contributed by atoms with E-state index < -0.39 is 11.9 Å². The van der Waals surface area contributed by atoms with E-state index in [4.69, 9.17) is 4.74 Å². The number of carboxylic acid groups (broad SMARTS) is 1. The van der Waals surface area contributed by atoms with E-state index in [0.29, 0.717) is 30.0 Å². The zero-order valence-electron chi connectivity index (χ0n) is 13.9. The molecule has 5 nitrogen and oxygen atoms in total. The number of ether oxygens (including phenoxy) is 1. The number of amides is 1. The number of aliphatic carboxylic acids is 1. The highest BCUT2D eigenvalue weighted by Gasteiger charge is 2.31. The van der Waals surface area contributed by atoms with Gasteiger partial charge in [-0.1, -0.05) is 36.8 Å². The highest BCUT2D eigenvalue weighted by Crippen LogP contribution is 2.33. The number of benzene rings is 2. The van der Waals surface area contributed by atoms with Crippen LogP contribution in [0.25, 0.3) is 0 Å². The van der Waals surface area contributed by atoms with Gasteiger partial charge in [-0.3, -0.25) is 9.59 Å². The molecule has 25 heavy (non-hydrogen) atoms. The van der Waals surface area contributed by atoms with E-state index in [1.165, 1.54) is 0 Å². The molecule has 3 rings (SSSR count). The van der Waals surface area contributed by atoms with Crippen LogP contribution in [0.4, 0.5) is 5.69 Å². The Balaban J connectivity index is 1.70. The third-order valence-electron chi connectivity index (χ3n) is 4.51. The molecule has 1 aliphatic rings. The van der Waals surface area contributed by atoms with Gasteiger partial charge in [-0.05, 0) is 43.5 Å². The van der Waals surface area contributed by atoms with Crippen LogP contribution in [-0.2, 0) is 9.59 Å². The molecular weight excluding hydrogens is 318 g/mol. The third-order valence-corrected chi connectivity index (χ3v) is 4.51. The minimum Gasteiger partial charge on any atom is -0.481 e. The van der Waals surface area contributed by atoms with Crippen LogP contribution in [0.15, 0.2) is 54.6 Å². The van der Waals surface area contributed by atoms with Gasteiger partial charge in [-0.2, -0.15) is 0 Å². The Morgan fingerprint density at radius 3 is 2.40 bits per heavy atom. The van der Waals surface area contributed by atoms with Gasteiger partial charge < -0.3 is 15.2 Å². The molecule has 1 saturated carbocycles. The van der Waals surface area contributed by atoms with E-state index in [2.05, 4.69) is 5.32 Å². The van der Waals surface area contributed by atoms with Crippen LogP contribution in [0.3, 0.4) is 0 Å². The van der Waals surface area contributed by atoms with Crippen LogP contribution in [0.5, 0.6) is 11.5 Å². The van der Waals surface area contributed by atoms with Crippen molar-refractivity contribution in [2.75, 3.05) is 5.32 Å². The summed E-state index contributed by atoms with van der Waals surface area (Å²) in [4.78, 5) is 23.8. The largest absolute Gasteiger partial charge is 0.481 e. The molecule has 0 heterocycles. The first-order chi connectivity index (χ1) is 12.1. The molecular formula is C20H21NO4. The molecule has 0 aliphatic heterocycles. The third kappa shape index (κ3) is 4.38. The van der Waals surface area contributed by atoms with Crippen LogP contribution >= 0.6 is 0 Å². The van der Waals surface area contributed by atoms with E-state index in [1.54, 1.807) is 12.1 Å². The summed E-state index contributed by atoms with van der Waals surface area (Å²) in [5, 5.41) is 12.1. The van der Waals surface area contributed by atoms with E-state index in [9.17, 15) is 14.7 Å². The molecule has 0 radical (unpaired) electrons. The fourth-order valence-corrected chi connectivity index (χ4v) is 3.16. The monoisotopic (exact) mass is 339 g/mol. The van der Waals surface area contributed by atoms with Crippen molar-refractivity contribution < 1.29 is 19.4 Å². The Morgan fingerprint density at radius 1 is 0.960 bits per heavy atom. The molecule has 1 fully saturated rings. The van der Waals surface area contributed by atoms with E-state index in [-0.39, 0.29) is 11.8 Å². The number of hydrogen-bond donors (Lipinski definition) is 2. The topological polar surface area (TPSA) is 75.6 Å². The van der Waals surface area contributed by atoms with E-state index in [1.807, 2.05) is 42.5 Å². The second-order valence-electron chi connectivity index (χ2n) is 6.30. The van der Waals surface area contributed by atoms with E-state index >= 15 is 0 Å². The molecule has 0 bridgehead atoms. The summed E-state index contributed by atoms with van der Waals surface area (Å²) in [5.41, 5.74) is 0.591. The van der Waals surface area contributed by atoms with Crippen molar-refractivity contribution in [3.63, 3.8) is 0 Å². The maximum atomic E-state index is 12.6. The maximum Gasteiger partial charge on any atom is 0.306 e. The predicted molar refractivity (Wildman–Crippen MR) is 94.7 cm³/mol. The number of para-hydroxylation sites is 3. The first-order valence-electron chi connectivity index (χ1n) is 8.49. The smallest absolute Gasteiger partial charge is 0.306 e. The number of carbonyl (C=O) groups is 2. The highest BCUT2D eigenvalue weighted by molar-refractivity contribution is 5.94. The van der Waals surface area contributed by atoms with Crippen LogP contribution in [0.1, 0.15) is 25.7 Å². The van der Waals surface area contributed by atoms with Crippen LogP contribution in [0, 0.1) is 11.8 Å². The molecule has 0 saturated heterocycles. The number of rotatable bonds is 5. The summed E-state index contributed by atoms with van der Waals surface area (Å²) in [7, 11) is 0. The number of carbonyl (C=O) groups excluding carboxylic acids is 1. The molecule has 0 aromatic heterocycles. The van der Waals surface area contributed by atoms with Crippen molar-refractivity contribution in [3.8, 4) is 11.5 Å². The second kappa shape index (κ2) is 7.83. The van der Waals surface area contributed by atoms with E-state index in [0.717, 1.165) is 12.8 Å². The van der Waals surface area contributed by atoms with Gasteiger partial charge in [0.15, 0.2) is 5.75 Å². The van der Waals surface area contributed by atoms with Gasteiger partial charge in [-0.25, -0.2) is 0 Å². The quantitative estimate of drug-likeness (QED) is 0.851. The molecule has 130 valence electrons. The zero-order valence-corrected chi connectivity index (χ0v) is 13.9. The lowest BCUT2D eigenvalue weighted by molar-refractivity contribution is -0.143. The van der Waals surface area contributed by atoms with Gasteiger partial charge in [0.25, 0.3) is 0 Å². The number of anilines is 1. The Hall–Kier alpha value is -2.82. The van der Waals surface area contributed by atoms with Gasteiger partial charge >= 0.3 is 5.97 Å². The SMILES string of the molecule is O=C(O)C1CCCC(C(=O)Nc2ccccc2Oc2ccccc2)C1. The normalized spacial score (nSPS) is 19.8. The van der Waals surface area contributed by atoms with Crippen molar-refractivity contribution in [2.24, 2.45) is 11.8 Å². The van der Waals surface area contributed by atoms with Gasteiger partial charge in [0.2, 0.25) is 5.91 Å². The van der Waals surface area contributed by atoms with Crippen LogP contribution in [-0.4, -0.2) is 17.0 Å². The first kappa shape index (κ1) is 17.0. The predicted octanol–water partition coefficient (Wildman–Crippen LogP) is 4.31. The average Bonchev–Trinajstić information content (AvgIpc) is 2.64. The molecule has 1 aliphatic carbocycles. The standard InChI is InChI=1S/C20H21NO4/c22-19(14-7-6-8-15(13-14)20(23)24)21-17-11-4-5-12-18(17)25-16-9-2-1-3-10-16/h1-5,9-12,14-15H,6-8,13H2,(H,21,22)(H,23,24). The lowest BCUT2D eigenvalue weighted by atomic mass is 9.81. The molecule has 5 heteroatoms. The Bertz CT molecular complexity index is 744. The lowest BCUT2D eigenvalue weighted by Crippen LogP contribution is -2.31. The van der Waals surface area contributed by atoms with Crippen molar-refractivity contribution in [1.29, 1.82) is 0 Å². The fourth-order valence-electron chi connectivity index (χ4n) is 3.16. The first-order valence-corrected chi connectivity index (χ1v) is 8.49. The summed E-state index contributed by atoms with van der Waals surface area (Å²) in [5.74, 6) is -0.416. The van der Waals surface area contributed by atoms with Crippen molar-refractivity contribution in [2.45, 2.75) is 25.7 Å². The highest BCUT2D eigenvalue weighted by atomic mass is 16.5. The molecule has 2 aromatic rings. The summed E-state index contributed by atoms with van der Waals surface area (Å²) in [6.07, 6.45) is 2.52. The van der Waals surface area contributed by atoms with Gasteiger partial charge in [0, 0.05) is 5.92 Å². The van der Waals surface area contributed by atoms with Crippen LogP contribution < -0.4 is 10.1 Å². The van der Waals surface area contributed by atoms with Crippen molar-refractivity contribution >= 4 is 17.6 Å². The average molecular weight is 339 g/mol. The Kier molecular flexibility index (Phi) is 5.33. The van der Waals surface area contributed by atoms with Crippen molar-refractivity contribution in [1.82, 2.24) is 0 Å². The number of hydrogen-bond acceptors (Lipinski definition) is 3. The van der Waals surface area contributed by atoms with Crippen LogP contribution in [0.2, 0.25) is 0 Å². The molecule has 1 amide bonds. The minimum atomic E-state index is -0.815. The minimum absolute atomic E-state index is 0.143. The summed E-state index contributed by atoms with van der Waals surface area (Å²) in [6.45, 7) is 0. The lowest BCUT2D eigenvalue weighted by Gasteiger charge is -2.26. The molecule has 2 N–H and O–H groups in total. The molecule has 0 spiro atoms. The van der Waals surface area contributed by atoms with Gasteiger partial charge in [0.1, 0.15) is 5.75 Å². The number of carboxylic acids is 1.